The van der Waals surface area contributed by atoms with Gasteiger partial charge in [0.2, 0.25) is 0 Å². The average Bonchev–Trinajstić information content (AvgIpc) is 2.62. The van der Waals surface area contributed by atoms with Crippen LogP contribution in [0.4, 0.5) is 0 Å². The van der Waals surface area contributed by atoms with Crippen LogP contribution in [0.25, 0.3) is 0 Å². The lowest BCUT2D eigenvalue weighted by atomic mass is 10.1. The average molecular weight is 243 g/mol. The van der Waals surface area contributed by atoms with E-state index in [0.717, 1.165) is 29.6 Å². The summed E-state index contributed by atoms with van der Waals surface area (Å²) in [5, 5.41) is 12.0. The van der Waals surface area contributed by atoms with E-state index >= 15 is 0 Å². The van der Waals surface area contributed by atoms with Crippen LogP contribution in [0.5, 0.6) is 0 Å². The molecular formula is C12H21NO2S. The van der Waals surface area contributed by atoms with Crippen molar-refractivity contribution in [3.8, 4) is 0 Å². The summed E-state index contributed by atoms with van der Waals surface area (Å²) in [6.45, 7) is 7.38. The Labute approximate surface area is 102 Å². The molecule has 1 rings (SSSR count). The number of hydrogen-bond acceptors (Lipinski definition) is 4. The third-order valence-electron chi connectivity index (χ3n) is 1.99. The molecule has 2 N–H and O–H groups in total. The van der Waals surface area contributed by atoms with E-state index in [4.69, 9.17) is 9.52 Å². The minimum atomic E-state index is 0.110. The standard InChI is InChI=1S/C12H21NO2S/c1-12(2,3)13-8-10-4-5-11(15-10)9-16-7-6-14/h4-5,13-14H,6-9H2,1-3H3. The van der Waals surface area contributed by atoms with Gasteiger partial charge >= 0.3 is 0 Å². The highest BCUT2D eigenvalue weighted by molar-refractivity contribution is 7.98. The van der Waals surface area contributed by atoms with Crippen LogP contribution in [0.2, 0.25) is 0 Å². The minimum absolute atomic E-state index is 0.110. The molecule has 0 atom stereocenters. The van der Waals surface area contributed by atoms with Crippen molar-refractivity contribution in [2.75, 3.05) is 12.4 Å². The second-order valence-corrected chi connectivity index (χ2v) is 5.85. The first-order valence-corrected chi connectivity index (χ1v) is 6.68. The van der Waals surface area contributed by atoms with Crippen molar-refractivity contribution in [3.63, 3.8) is 0 Å². The van der Waals surface area contributed by atoms with Crippen molar-refractivity contribution in [1.82, 2.24) is 5.32 Å². The molecule has 0 unspecified atom stereocenters. The maximum atomic E-state index is 8.66. The van der Waals surface area contributed by atoms with E-state index in [9.17, 15) is 0 Å². The second-order valence-electron chi connectivity index (χ2n) is 4.75. The zero-order chi connectivity index (χ0) is 12.0. The maximum absolute atomic E-state index is 8.66. The number of aliphatic hydroxyl groups excluding tert-OH is 1. The summed E-state index contributed by atoms with van der Waals surface area (Å²) in [4.78, 5) is 0. The van der Waals surface area contributed by atoms with Gasteiger partial charge in [-0.05, 0) is 32.9 Å². The molecule has 4 heteroatoms. The Balaban J connectivity index is 2.33. The zero-order valence-corrected chi connectivity index (χ0v) is 11.1. The van der Waals surface area contributed by atoms with Gasteiger partial charge in [-0.25, -0.2) is 0 Å². The van der Waals surface area contributed by atoms with Crippen LogP contribution >= 0.6 is 11.8 Å². The smallest absolute Gasteiger partial charge is 0.118 e. The third-order valence-corrected chi connectivity index (χ3v) is 2.95. The first-order valence-electron chi connectivity index (χ1n) is 5.52. The second kappa shape index (κ2) is 6.33. The highest BCUT2D eigenvalue weighted by Gasteiger charge is 2.10. The fraction of sp³-hybridized carbons (Fsp3) is 0.667. The Kier molecular flexibility index (Phi) is 5.38. The lowest BCUT2D eigenvalue weighted by Crippen LogP contribution is -2.34. The van der Waals surface area contributed by atoms with Crippen LogP contribution < -0.4 is 5.32 Å². The molecule has 0 radical (unpaired) electrons. The quantitative estimate of drug-likeness (QED) is 0.753. The summed E-state index contributed by atoms with van der Waals surface area (Å²) in [5.41, 5.74) is 0.110. The molecule has 0 aliphatic heterocycles. The molecule has 0 saturated carbocycles. The zero-order valence-electron chi connectivity index (χ0n) is 10.2. The molecule has 0 aromatic carbocycles. The van der Waals surface area contributed by atoms with E-state index in [1.807, 2.05) is 12.1 Å². The van der Waals surface area contributed by atoms with Crippen LogP contribution in [-0.4, -0.2) is 23.0 Å². The molecule has 0 bridgehead atoms. The number of rotatable bonds is 6. The van der Waals surface area contributed by atoms with Crippen molar-refractivity contribution in [1.29, 1.82) is 0 Å². The van der Waals surface area contributed by atoms with Gasteiger partial charge in [-0.2, -0.15) is 11.8 Å². The van der Waals surface area contributed by atoms with E-state index in [1.165, 1.54) is 0 Å². The van der Waals surface area contributed by atoms with Crippen LogP contribution in [0.15, 0.2) is 16.5 Å². The molecule has 3 nitrogen and oxygen atoms in total. The molecule has 1 heterocycles. The molecule has 0 saturated heterocycles. The number of hydrogen-bond donors (Lipinski definition) is 2. The molecule has 1 aromatic rings. The Morgan fingerprint density at radius 2 is 2.00 bits per heavy atom. The number of nitrogens with one attached hydrogen (secondary N) is 1. The molecule has 0 aliphatic rings. The molecule has 0 amide bonds. The molecule has 0 spiro atoms. The molecule has 92 valence electrons. The Hall–Kier alpha value is -0.450. The Bertz CT molecular complexity index is 304. The monoisotopic (exact) mass is 243 g/mol. The van der Waals surface area contributed by atoms with Crippen LogP contribution in [0, 0.1) is 0 Å². The van der Waals surface area contributed by atoms with Gasteiger partial charge in [0.1, 0.15) is 11.5 Å². The van der Waals surface area contributed by atoms with Gasteiger partial charge in [-0.1, -0.05) is 0 Å². The number of aliphatic hydroxyl groups is 1. The molecular weight excluding hydrogens is 222 g/mol. The fourth-order valence-corrected chi connectivity index (χ4v) is 1.81. The topological polar surface area (TPSA) is 45.4 Å². The van der Waals surface area contributed by atoms with Crippen molar-refractivity contribution >= 4 is 11.8 Å². The highest BCUT2D eigenvalue weighted by Crippen LogP contribution is 2.15. The molecule has 0 fully saturated rings. The maximum Gasteiger partial charge on any atom is 0.118 e. The summed E-state index contributed by atoms with van der Waals surface area (Å²) in [6, 6.07) is 4.01. The lowest BCUT2D eigenvalue weighted by molar-refractivity contribution is 0.322. The Morgan fingerprint density at radius 3 is 2.62 bits per heavy atom. The molecule has 16 heavy (non-hydrogen) atoms. The van der Waals surface area contributed by atoms with Gasteiger partial charge in [0, 0.05) is 11.3 Å². The number of thioether (sulfide) groups is 1. The van der Waals surface area contributed by atoms with Gasteiger partial charge in [-0.15, -0.1) is 0 Å². The molecule has 1 aromatic heterocycles. The first-order chi connectivity index (χ1) is 7.51. The van der Waals surface area contributed by atoms with Crippen molar-refractivity contribution < 1.29 is 9.52 Å². The van der Waals surface area contributed by atoms with Crippen LogP contribution in [0.3, 0.4) is 0 Å². The van der Waals surface area contributed by atoms with Crippen molar-refractivity contribution in [3.05, 3.63) is 23.7 Å². The predicted molar refractivity (Wildman–Crippen MR) is 68.5 cm³/mol. The predicted octanol–water partition coefficient (Wildman–Crippen LogP) is 2.39. The van der Waals surface area contributed by atoms with Crippen LogP contribution in [-0.2, 0) is 12.3 Å². The van der Waals surface area contributed by atoms with Gasteiger partial charge in [-0.3, -0.25) is 0 Å². The summed E-state index contributed by atoms with van der Waals surface area (Å²) >= 11 is 1.68. The third kappa shape index (κ3) is 5.58. The molecule has 0 aliphatic carbocycles. The minimum Gasteiger partial charge on any atom is -0.464 e. The number of furan rings is 1. The summed E-state index contributed by atoms with van der Waals surface area (Å²) in [5.74, 6) is 3.53. The van der Waals surface area contributed by atoms with Gasteiger partial charge in [0.25, 0.3) is 0 Å². The summed E-state index contributed by atoms with van der Waals surface area (Å²) in [6.07, 6.45) is 0. The lowest BCUT2D eigenvalue weighted by Gasteiger charge is -2.19. The van der Waals surface area contributed by atoms with E-state index in [0.29, 0.717) is 0 Å². The van der Waals surface area contributed by atoms with E-state index in [-0.39, 0.29) is 12.1 Å². The van der Waals surface area contributed by atoms with Gasteiger partial charge < -0.3 is 14.8 Å². The Morgan fingerprint density at radius 1 is 1.31 bits per heavy atom. The largest absolute Gasteiger partial charge is 0.464 e. The van der Waals surface area contributed by atoms with Crippen molar-refractivity contribution in [2.24, 2.45) is 0 Å². The highest BCUT2D eigenvalue weighted by atomic mass is 32.2. The van der Waals surface area contributed by atoms with Crippen molar-refractivity contribution in [2.45, 2.75) is 38.6 Å². The summed E-state index contributed by atoms with van der Waals surface area (Å²) < 4.78 is 5.66. The summed E-state index contributed by atoms with van der Waals surface area (Å²) in [7, 11) is 0. The SMILES string of the molecule is CC(C)(C)NCc1ccc(CSCCO)o1. The normalized spacial score (nSPS) is 12.0. The van der Waals surface area contributed by atoms with Crippen LogP contribution in [0.1, 0.15) is 32.3 Å². The van der Waals surface area contributed by atoms with E-state index in [2.05, 4.69) is 26.1 Å². The fourth-order valence-electron chi connectivity index (χ4n) is 1.18. The van der Waals surface area contributed by atoms with Gasteiger partial charge in [0.05, 0.1) is 18.9 Å². The van der Waals surface area contributed by atoms with E-state index < -0.39 is 0 Å². The van der Waals surface area contributed by atoms with E-state index in [1.54, 1.807) is 11.8 Å². The van der Waals surface area contributed by atoms with Gasteiger partial charge in [0.15, 0.2) is 0 Å². The first kappa shape index (κ1) is 13.6.